The van der Waals surface area contributed by atoms with Gasteiger partial charge in [0.15, 0.2) is 6.10 Å². The lowest BCUT2D eigenvalue weighted by Crippen LogP contribution is -2.81. The average molecular weight is 685 g/mol. The number of nitrogens with two attached hydrogens (primary N) is 1. The fourth-order valence-electron chi connectivity index (χ4n) is 7.53. The van der Waals surface area contributed by atoms with E-state index >= 15 is 0 Å². The van der Waals surface area contributed by atoms with Crippen LogP contribution in [0.25, 0.3) is 0 Å². The van der Waals surface area contributed by atoms with E-state index in [2.05, 4.69) is 16.0 Å². The molecule has 3 aromatic rings. The van der Waals surface area contributed by atoms with Gasteiger partial charge in [0.25, 0.3) is 11.8 Å². The first-order valence-corrected chi connectivity index (χ1v) is 17.7. The summed E-state index contributed by atoms with van der Waals surface area (Å²) in [5, 5.41) is 7.78. The van der Waals surface area contributed by atoms with Gasteiger partial charge < -0.3 is 30.5 Å². The molecule has 2 aliphatic heterocycles. The summed E-state index contributed by atoms with van der Waals surface area (Å²) in [6.07, 6.45) is 6.65. The summed E-state index contributed by atoms with van der Waals surface area (Å²) in [4.78, 5) is 57.2. The van der Waals surface area contributed by atoms with E-state index in [0.29, 0.717) is 11.5 Å². The number of anilines is 1. The molecule has 1 unspecified atom stereocenters. The number of amides is 4. The number of piperazine rings is 1. The normalized spacial score (nSPS) is 21.1. The minimum atomic E-state index is -1.45. The van der Waals surface area contributed by atoms with Crippen molar-refractivity contribution in [3.63, 3.8) is 0 Å². The largest absolute Gasteiger partial charge is 0.484 e. The Hall–Kier alpha value is -4.77. The Kier molecular flexibility index (Phi) is 10.8. The number of nitrogens with one attached hydrogen (secondary N) is 2. The van der Waals surface area contributed by atoms with Gasteiger partial charge in [0.05, 0.1) is 13.1 Å². The Morgan fingerprint density at radius 2 is 1.70 bits per heavy atom. The molecule has 11 heteroatoms. The summed E-state index contributed by atoms with van der Waals surface area (Å²) in [5.74, 6) is -1.16. The third kappa shape index (κ3) is 7.99. The van der Waals surface area contributed by atoms with Crippen LogP contribution in [0.15, 0.2) is 66.7 Å². The van der Waals surface area contributed by atoms with Crippen molar-refractivity contribution in [2.45, 2.75) is 76.5 Å². The molecule has 0 aromatic heterocycles. The molecule has 3 aromatic carbocycles. The standard InChI is InChI=1S/C39H46FN5O5/c1-26(46)43-32-20-30(19-31(40)22-32)36(47)44-17-18-45(39(2,25-44)38(49)42-23-27-9-5-3-6-10-27)37(48)29-13-14-35(50-33-15-16-41-24-33)34(21-29)28-11-7-4-8-12-28/h3,5-6,9-10,13-14,19-22,28,33,41H,4,7-8,11-12,15-18,23-25H2,1-2H3,(H,42,49)(H,43,46)/p+1/t33-,39?/m0/s1. The lowest BCUT2D eigenvalue weighted by atomic mass is 9.83. The first-order valence-electron chi connectivity index (χ1n) is 17.7. The van der Waals surface area contributed by atoms with Crippen molar-refractivity contribution >= 4 is 29.3 Å². The van der Waals surface area contributed by atoms with E-state index in [9.17, 15) is 23.6 Å². The van der Waals surface area contributed by atoms with Crippen LogP contribution in [-0.2, 0) is 16.1 Å². The average Bonchev–Trinajstić information content (AvgIpc) is 3.63. The minimum Gasteiger partial charge on any atom is -0.484 e. The lowest BCUT2D eigenvalue weighted by molar-refractivity contribution is -0.638. The van der Waals surface area contributed by atoms with Crippen molar-refractivity contribution in [3.8, 4) is 5.75 Å². The van der Waals surface area contributed by atoms with Crippen molar-refractivity contribution in [1.82, 2.24) is 15.1 Å². The molecule has 0 bridgehead atoms. The molecular weight excluding hydrogens is 637 g/mol. The van der Waals surface area contributed by atoms with Gasteiger partial charge in [0.1, 0.15) is 23.7 Å². The van der Waals surface area contributed by atoms with Gasteiger partial charge in [0.2, 0.25) is 11.8 Å². The molecule has 4 N–H and O–H groups in total. The molecule has 264 valence electrons. The van der Waals surface area contributed by atoms with Crippen LogP contribution < -0.4 is 20.7 Å². The maximum atomic E-state index is 14.6. The van der Waals surface area contributed by atoms with Gasteiger partial charge in [-0.3, -0.25) is 19.2 Å². The van der Waals surface area contributed by atoms with Gasteiger partial charge in [-0.2, -0.15) is 0 Å². The molecule has 4 amide bonds. The predicted molar refractivity (Wildman–Crippen MR) is 187 cm³/mol. The van der Waals surface area contributed by atoms with E-state index in [-0.39, 0.29) is 49.4 Å². The van der Waals surface area contributed by atoms with Gasteiger partial charge in [-0.05, 0) is 73.2 Å². The number of halogens is 1. The highest BCUT2D eigenvalue weighted by molar-refractivity contribution is 6.01. The van der Waals surface area contributed by atoms with E-state index in [1.807, 2.05) is 42.5 Å². The van der Waals surface area contributed by atoms with Crippen molar-refractivity contribution in [1.29, 1.82) is 0 Å². The smallest absolute Gasteiger partial charge is 0.254 e. The molecule has 1 aliphatic carbocycles. The van der Waals surface area contributed by atoms with Crippen LogP contribution in [0.3, 0.4) is 0 Å². The maximum Gasteiger partial charge on any atom is 0.254 e. The number of quaternary nitrogens is 1. The van der Waals surface area contributed by atoms with E-state index in [0.717, 1.165) is 74.2 Å². The van der Waals surface area contributed by atoms with Crippen molar-refractivity contribution < 1.29 is 33.6 Å². The number of hydrogen-bond acceptors (Lipinski definition) is 5. The second-order valence-electron chi connectivity index (χ2n) is 14.0. The molecule has 50 heavy (non-hydrogen) atoms. The first kappa shape index (κ1) is 35.1. The van der Waals surface area contributed by atoms with Crippen molar-refractivity contribution in [2.24, 2.45) is 0 Å². The van der Waals surface area contributed by atoms with Crippen LogP contribution in [0.2, 0.25) is 0 Å². The zero-order valence-corrected chi connectivity index (χ0v) is 28.9. The topological polar surface area (TPSA) is 125 Å². The zero-order valence-electron chi connectivity index (χ0n) is 28.9. The van der Waals surface area contributed by atoms with Crippen LogP contribution >= 0.6 is 0 Å². The maximum absolute atomic E-state index is 14.6. The summed E-state index contributed by atoms with van der Waals surface area (Å²) in [6.45, 7) is 5.27. The van der Waals surface area contributed by atoms with Crippen LogP contribution in [0.4, 0.5) is 10.1 Å². The van der Waals surface area contributed by atoms with E-state index in [4.69, 9.17) is 4.74 Å². The molecule has 2 saturated heterocycles. The third-order valence-corrected chi connectivity index (χ3v) is 10.2. The molecule has 2 atom stereocenters. The number of rotatable bonds is 9. The number of carbonyl (C=O) groups is 4. The Balaban J connectivity index is 1.30. The zero-order chi connectivity index (χ0) is 35.3. The lowest BCUT2D eigenvalue weighted by Gasteiger charge is -2.47. The molecule has 3 aliphatic rings. The molecule has 6 rings (SSSR count). The van der Waals surface area contributed by atoms with Crippen LogP contribution in [0, 0.1) is 5.82 Å². The summed E-state index contributed by atoms with van der Waals surface area (Å²) in [5.41, 5.74) is 1.16. The molecule has 10 nitrogen and oxygen atoms in total. The van der Waals surface area contributed by atoms with Crippen LogP contribution in [0.1, 0.15) is 90.1 Å². The Morgan fingerprint density at radius 1 is 0.920 bits per heavy atom. The Morgan fingerprint density at radius 3 is 2.42 bits per heavy atom. The van der Waals surface area contributed by atoms with Gasteiger partial charge in [-0.25, -0.2) is 4.39 Å². The second kappa shape index (κ2) is 15.4. The Bertz CT molecular complexity index is 1720. The van der Waals surface area contributed by atoms with Gasteiger partial charge >= 0.3 is 0 Å². The quantitative estimate of drug-likeness (QED) is 0.312. The third-order valence-electron chi connectivity index (χ3n) is 10.2. The fourth-order valence-corrected chi connectivity index (χ4v) is 7.53. The summed E-state index contributed by atoms with van der Waals surface area (Å²) in [7, 11) is 0. The second-order valence-corrected chi connectivity index (χ2v) is 14.0. The monoisotopic (exact) mass is 684 g/mol. The highest BCUT2D eigenvalue weighted by Gasteiger charge is 2.48. The first-order chi connectivity index (χ1) is 24.1. The number of carbonyl (C=O) groups excluding carboxylic acids is 4. The molecule has 2 heterocycles. The van der Waals surface area contributed by atoms with Gasteiger partial charge in [-0.1, -0.05) is 49.6 Å². The summed E-state index contributed by atoms with van der Waals surface area (Å²) >= 11 is 0. The highest BCUT2D eigenvalue weighted by atomic mass is 19.1. The van der Waals surface area contributed by atoms with Crippen molar-refractivity contribution in [2.75, 3.05) is 38.0 Å². The number of ether oxygens (including phenoxy) is 1. The van der Waals surface area contributed by atoms with E-state index in [1.165, 1.54) is 24.3 Å². The summed E-state index contributed by atoms with van der Waals surface area (Å²) < 4.78 is 21.1. The Labute approximate surface area is 292 Å². The number of benzene rings is 3. The molecule has 0 radical (unpaired) electrons. The van der Waals surface area contributed by atoms with Crippen LogP contribution in [-0.4, -0.2) is 77.8 Å². The SMILES string of the molecule is CC(=O)Nc1cc(F)cc(C(=O)N2CCN(C(=O)c3ccc(O[C@H]4CC[NH2+]C4)c(C4CCCCC4)c3)C(C)(C(=O)NCc3ccccc3)C2)c1. The molecule has 3 fully saturated rings. The van der Waals surface area contributed by atoms with Gasteiger partial charge in [-0.15, -0.1) is 0 Å². The minimum absolute atomic E-state index is 0.0353. The number of hydrogen-bond donors (Lipinski definition) is 3. The molecule has 1 saturated carbocycles. The molecule has 0 spiro atoms. The predicted octanol–water partition coefficient (Wildman–Crippen LogP) is 4.22. The highest BCUT2D eigenvalue weighted by Crippen LogP contribution is 2.39. The van der Waals surface area contributed by atoms with Crippen LogP contribution in [0.5, 0.6) is 5.75 Å². The van der Waals surface area contributed by atoms with Gasteiger partial charge in [0, 0.05) is 49.8 Å². The number of nitrogens with zero attached hydrogens (tertiary/aromatic N) is 2. The summed E-state index contributed by atoms with van der Waals surface area (Å²) in [6, 6.07) is 18.8. The molecular formula is C39H47FN5O5+. The van der Waals surface area contributed by atoms with Crippen molar-refractivity contribution in [3.05, 3.63) is 94.8 Å². The van der Waals surface area contributed by atoms with E-state index < -0.39 is 29.1 Å². The van der Waals surface area contributed by atoms with E-state index in [1.54, 1.807) is 17.9 Å². The fraction of sp³-hybridized carbons (Fsp3) is 0.436.